The fourth-order valence-corrected chi connectivity index (χ4v) is 3.07. The molecule has 0 N–H and O–H groups in total. The van der Waals surface area contributed by atoms with E-state index < -0.39 is 0 Å². The second-order valence-corrected chi connectivity index (χ2v) is 6.26. The average Bonchev–Trinajstić information content (AvgIpc) is 2.75. The number of hydrogen-bond acceptors (Lipinski definition) is 2. The van der Waals surface area contributed by atoms with Crippen molar-refractivity contribution in [1.29, 1.82) is 0 Å². The Balaban J connectivity index is 1.55. The van der Waals surface area contributed by atoms with Crippen molar-refractivity contribution in [3.63, 3.8) is 0 Å². The number of pyridine rings is 1. The van der Waals surface area contributed by atoms with Gasteiger partial charge in [-0.1, -0.05) is 60.7 Å². The van der Waals surface area contributed by atoms with Gasteiger partial charge in [-0.05, 0) is 52.6 Å². The molecule has 2 heteroatoms. The van der Waals surface area contributed by atoms with Gasteiger partial charge in [0.25, 0.3) is 0 Å². The molecule has 0 atom stereocenters. The molecule has 0 fully saturated rings. The number of aromatic nitrogens is 1. The Morgan fingerprint density at radius 2 is 1.04 bits per heavy atom. The van der Waals surface area contributed by atoms with Gasteiger partial charge in [0.05, 0.1) is 0 Å². The van der Waals surface area contributed by atoms with Gasteiger partial charge < -0.3 is 4.90 Å². The maximum atomic E-state index is 4.19. The highest BCUT2D eigenvalue weighted by Gasteiger charge is 2.05. The van der Waals surface area contributed by atoms with E-state index in [4.69, 9.17) is 0 Å². The van der Waals surface area contributed by atoms with Gasteiger partial charge >= 0.3 is 0 Å². The molecule has 1 aromatic heterocycles. The van der Waals surface area contributed by atoms with Crippen LogP contribution >= 0.6 is 0 Å². The summed E-state index contributed by atoms with van der Waals surface area (Å²) in [4.78, 5) is 6.39. The van der Waals surface area contributed by atoms with Gasteiger partial charge in [0.15, 0.2) is 0 Å². The fourth-order valence-electron chi connectivity index (χ4n) is 3.07. The number of rotatable bonds is 4. The number of hydrogen-bond donors (Lipinski definition) is 0. The van der Waals surface area contributed by atoms with Crippen LogP contribution in [0.15, 0.2) is 103 Å². The Morgan fingerprint density at radius 1 is 0.538 bits per heavy atom. The maximum absolute atomic E-state index is 4.19. The Kier molecular flexibility index (Phi) is 4.48. The summed E-state index contributed by atoms with van der Waals surface area (Å²) >= 11 is 0. The molecule has 0 radical (unpaired) electrons. The van der Waals surface area contributed by atoms with E-state index in [2.05, 4.69) is 95.8 Å². The number of benzene rings is 3. The van der Waals surface area contributed by atoms with Crippen LogP contribution in [0.2, 0.25) is 0 Å². The highest BCUT2D eigenvalue weighted by molar-refractivity contribution is 5.71. The zero-order valence-corrected chi connectivity index (χ0v) is 14.7. The third kappa shape index (κ3) is 3.35. The van der Waals surface area contributed by atoms with Gasteiger partial charge in [-0.25, -0.2) is 0 Å². The minimum Gasteiger partial charge on any atom is -0.345 e. The molecule has 4 rings (SSSR count). The zero-order chi connectivity index (χ0) is 17.8. The van der Waals surface area contributed by atoms with E-state index in [9.17, 15) is 0 Å². The first-order valence-corrected chi connectivity index (χ1v) is 8.71. The van der Waals surface area contributed by atoms with E-state index in [1.807, 2.05) is 18.3 Å². The Morgan fingerprint density at radius 3 is 1.58 bits per heavy atom. The molecule has 126 valence electrons. The highest BCUT2D eigenvalue weighted by Crippen LogP contribution is 2.28. The van der Waals surface area contributed by atoms with Crippen molar-refractivity contribution in [2.24, 2.45) is 0 Å². The first kappa shape index (κ1) is 16.1. The molecule has 2 nitrogen and oxygen atoms in total. The quantitative estimate of drug-likeness (QED) is 0.442. The largest absolute Gasteiger partial charge is 0.345 e. The van der Waals surface area contributed by atoms with Crippen LogP contribution in [0.5, 0.6) is 0 Å². The van der Waals surface area contributed by atoms with Crippen LogP contribution < -0.4 is 4.90 Å². The van der Waals surface area contributed by atoms with E-state index in [0.29, 0.717) is 0 Å². The van der Waals surface area contributed by atoms with Crippen LogP contribution in [-0.2, 0) is 0 Å². The van der Waals surface area contributed by atoms with Crippen LogP contribution in [-0.4, -0.2) is 12.0 Å². The molecule has 1 heterocycles. The SMILES string of the molecule is CN(c1ccc(-c2ccccc2)cc1)c1ccc(-c2cccnc2)cc1. The van der Waals surface area contributed by atoms with Crippen molar-refractivity contribution in [1.82, 2.24) is 4.98 Å². The maximum Gasteiger partial charge on any atom is 0.0408 e. The third-order valence-corrected chi connectivity index (χ3v) is 4.61. The number of anilines is 2. The first-order valence-electron chi connectivity index (χ1n) is 8.71. The molecule has 0 saturated heterocycles. The van der Waals surface area contributed by atoms with Crippen molar-refractivity contribution < 1.29 is 0 Å². The molecule has 0 amide bonds. The molecule has 0 saturated carbocycles. The highest BCUT2D eigenvalue weighted by atomic mass is 15.1. The topological polar surface area (TPSA) is 16.1 Å². The lowest BCUT2D eigenvalue weighted by Gasteiger charge is -2.20. The average molecular weight is 336 g/mol. The molecule has 0 unspecified atom stereocenters. The summed E-state index contributed by atoms with van der Waals surface area (Å²) < 4.78 is 0. The first-order chi connectivity index (χ1) is 12.8. The van der Waals surface area contributed by atoms with E-state index >= 15 is 0 Å². The molecule has 0 spiro atoms. The molecular weight excluding hydrogens is 316 g/mol. The standard InChI is InChI=1S/C24H20N2/c1-26(23-13-9-20(10-14-23)19-6-3-2-4-7-19)24-15-11-21(12-16-24)22-8-5-17-25-18-22/h2-18H,1H3. The van der Waals surface area contributed by atoms with E-state index in [0.717, 1.165) is 11.3 Å². The van der Waals surface area contributed by atoms with Gasteiger partial charge in [-0.15, -0.1) is 0 Å². The molecule has 0 aliphatic rings. The minimum absolute atomic E-state index is 1.13. The van der Waals surface area contributed by atoms with Crippen LogP contribution in [0.1, 0.15) is 0 Å². The van der Waals surface area contributed by atoms with Gasteiger partial charge in [0.1, 0.15) is 0 Å². The van der Waals surface area contributed by atoms with Crippen LogP contribution in [0, 0.1) is 0 Å². The van der Waals surface area contributed by atoms with Crippen LogP contribution in [0.3, 0.4) is 0 Å². The van der Waals surface area contributed by atoms with Crippen molar-refractivity contribution in [2.45, 2.75) is 0 Å². The number of nitrogens with zero attached hydrogens (tertiary/aromatic N) is 2. The van der Waals surface area contributed by atoms with Crippen molar-refractivity contribution in [3.05, 3.63) is 103 Å². The third-order valence-electron chi connectivity index (χ3n) is 4.61. The monoisotopic (exact) mass is 336 g/mol. The van der Waals surface area contributed by atoms with Crippen molar-refractivity contribution >= 4 is 11.4 Å². The van der Waals surface area contributed by atoms with Gasteiger partial charge in [-0.3, -0.25) is 4.98 Å². The summed E-state index contributed by atoms with van der Waals surface area (Å²) in [5.74, 6) is 0. The second kappa shape index (κ2) is 7.24. The molecule has 26 heavy (non-hydrogen) atoms. The summed E-state index contributed by atoms with van der Waals surface area (Å²) in [7, 11) is 2.09. The lowest BCUT2D eigenvalue weighted by molar-refractivity contribution is 1.21. The summed E-state index contributed by atoms with van der Waals surface area (Å²) in [6, 6.07) is 31.7. The lowest BCUT2D eigenvalue weighted by Crippen LogP contribution is -2.08. The minimum atomic E-state index is 1.13. The Hall–Kier alpha value is -3.39. The molecule has 0 aliphatic carbocycles. The molecule has 3 aromatic carbocycles. The van der Waals surface area contributed by atoms with Crippen LogP contribution in [0.4, 0.5) is 11.4 Å². The van der Waals surface area contributed by atoms with Crippen molar-refractivity contribution in [2.75, 3.05) is 11.9 Å². The van der Waals surface area contributed by atoms with Gasteiger partial charge in [0, 0.05) is 30.8 Å². The molecule has 4 aromatic rings. The second-order valence-electron chi connectivity index (χ2n) is 6.26. The molecular formula is C24H20N2. The van der Waals surface area contributed by atoms with Crippen LogP contribution in [0.25, 0.3) is 22.3 Å². The van der Waals surface area contributed by atoms with E-state index in [-0.39, 0.29) is 0 Å². The summed E-state index contributed by atoms with van der Waals surface area (Å²) in [6.45, 7) is 0. The Bertz CT molecular complexity index is 877. The lowest BCUT2D eigenvalue weighted by atomic mass is 10.0. The molecule has 0 bridgehead atoms. The smallest absolute Gasteiger partial charge is 0.0408 e. The summed E-state index contributed by atoms with van der Waals surface area (Å²) in [5, 5.41) is 0. The predicted octanol–water partition coefficient (Wildman–Crippen LogP) is 6.18. The van der Waals surface area contributed by atoms with Crippen molar-refractivity contribution in [3.8, 4) is 22.3 Å². The van der Waals surface area contributed by atoms with E-state index in [1.165, 1.54) is 22.4 Å². The van der Waals surface area contributed by atoms with Gasteiger partial charge in [-0.2, -0.15) is 0 Å². The summed E-state index contributed by atoms with van der Waals surface area (Å²) in [6.07, 6.45) is 3.69. The normalized spacial score (nSPS) is 10.5. The predicted molar refractivity (Wildman–Crippen MR) is 110 cm³/mol. The Labute approximate surface area is 154 Å². The fraction of sp³-hybridized carbons (Fsp3) is 0.0417. The zero-order valence-electron chi connectivity index (χ0n) is 14.7. The van der Waals surface area contributed by atoms with Gasteiger partial charge in [0.2, 0.25) is 0 Å². The summed E-state index contributed by atoms with van der Waals surface area (Å²) in [5.41, 5.74) is 7.10. The van der Waals surface area contributed by atoms with E-state index in [1.54, 1.807) is 6.20 Å². The molecule has 0 aliphatic heterocycles.